The summed E-state index contributed by atoms with van der Waals surface area (Å²) in [6.45, 7) is 0.0619. The molecule has 1 aliphatic heterocycles. The van der Waals surface area contributed by atoms with Crippen LogP contribution in [0.15, 0.2) is 59.8 Å². The summed E-state index contributed by atoms with van der Waals surface area (Å²) in [4.78, 5) is 31.0. The Morgan fingerprint density at radius 3 is 2.47 bits per heavy atom. The Morgan fingerprint density at radius 1 is 1.03 bits per heavy atom. The number of benzene rings is 2. The minimum atomic E-state index is -0.634. The van der Waals surface area contributed by atoms with E-state index in [1.165, 1.54) is 14.2 Å². The zero-order chi connectivity index (χ0) is 21.3. The first kappa shape index (κ1) is 19.7. The van der Waals surface area contributed by atoms with E-state index in [0.29, 0.717) is 5.69 Å². The van der Waals surface area contributed by atoms with Gasteiger partial charge in [0, 0.05) is 18.3 Å². The van der Waals surface area contributed by atoms with Gasteiger partial charge in [0.1, 0.15) is 18.3 Å². The monoisotopic (exact) mass is 407 g/mol. The average molecular weight is 407 g/mol. The van der Waals surface area contributed by atoms with Crippen molar-refractivity contribution in [3.8, 4) is 11.4 Å². The second-order valence-electron chi connectivity index (χ2n) is 6.75. The fourth-order valence-electron chi connectivity index (χ4n) is 3.55. The lowest BCUT2D eigenvalue weighted by molar-refractivity contribution is -0.140. The topological polar surface area (TPSA) is 82.9 Å². The third-order valence-electron chi connectivity index (χ3n) is 5.04. The van der Waals surface area contributed by atoms with Crippen LogP contribution in [0.3, 0.4) is 0 Å². The smallest absolute Gasteiger partial charge is 0.355 e. The molecule has 0 amide bonds. The summed E-state index contributed by atoms with van der Waals surface area (Å²) in [7, 11) is 4.48. The molecule has 154 valence electrons. The molecule has 0 aliphatic carbocycles. The molecule has 0 saturated heterocycles. The van der Waals surface area contributed by atoms with Crippen LogP contribution in [0.4, 0.5) is 5.69 Å². The summed E-state index contributed by atoms with van der Waals surface area (Å²) in [5.41, 5.74) is 3.57. The molecule has 1 aliphatic rings. The highest BCUT2D eigenvalue weighted by Gasteiger charge is 2.32. The fraction of sp³-hybridized carbons (Fsp3) is 0.227. The van der Waals surface area contributed by atoms with Crippen molar-refractivity contribution in [1.29, 1.82) is 0 Å². The Bertz CT molecular complexity index is 1150. The maximum absolute atomic E-state index is 12.5. The van der Waals surface area contributed by atoms with Crippen molar-refractivity contribution in [2.45, 2.75) is 0 Å². The van der Waals surface area contributed by atoms with Gasteiger partial charge in [-0.3, -0.25) is 0 Å². The molecule has 30 heavy (non-hydrogen) atoms. The molecule has 0 spiro atoms. The summed E-state index contributed by atoms with van der Waals surface area (Å²) in [5.74, 6) is -0.438. The van der Waals surface area contributed by atoms with E-state index in [1.807, 2.05) is 60.1 Å². The first-order valence-corrected chi connectivity index (χ1v) is 9.32. The summed E-state index contributed by atoms with van der Waals surface area (Å²) in [6, 6.07) is 15.5. The summed E-state index contributed by atoms with van der Waals surface area (Å²) in [5, 5.41) is 0. The summed E-state index contributed by atoms with van der Waals surface area (Å²) < 4.78 is 17.3. The van der Waals surface area contributed by atoms with Crippen molar-refractivity contribution in [2.75, 3.05) is 32.5 Å². The van der Waals surface area contributed by atoms with E-state index < -0.39 is 11.9 Å². The van der Waals surface area contributed by atoms with Crippen LogP contribution in [0.25, 0.3) is 22.4 Å². The third kappa shape index (κ3) is 3.31. The van der Waals surface area contributed by atoms with Gasteiger partial charge in [0.05, 0.1) is 37.4 Å². The van der Waals surface area contributed by atoms with E-state index in [4.69, 9.17) is 19.2 Å². The number of carbonyl (C=O) groups excluding carboxylic acids is 2. The maximum Gasteiger partial charge on any atom is 0.355 e. The van der Waals surface area contributed by atoms with E-state index >= 15 is 0 Å². The molecule has 2 heterocycles. The standard InChI is InChI=1S/C22H21N3O5/c1-24-18-10-9-15(11-17(18)23-20(24)14-7-5-4-6-8-14)25-13-30-12-16(21(26)28-2)19(25)22(27)29-3/h4-11H,12-13H2,1-3H3. The van der Waals surface area contributed by atoms with E-state index in [9.17, 15) is 9.59 Å². The van der Waals surface area contributed by atoms with Crippen molar-refractivity contribution < 1.29 is 23.8 Å². The highest BCUT2D eigenvalue weighted by atomic mass is 16.5. The Morgan fingerprint density at radius 2 is 1.77 bits per heavy atom. The number of fused-ring (bicyclic) bond motifs is 1. The number of hydrogen-bond acceptors (Lipinski definition) is 7. The Labute approximate surface area is 173 Å². The molecule has 4 rings (SSSR count). The molecule has 0 fully saturated rings. The van der Waals surface area contributed by atoms with Crippen LogP contribution in [-0.2, 0) is 30.8 Å². The number of anilines is 1. The van der Waals surface area contributed by atoms with Crippen LogP contribution in [0.5, 0.6) is 0 Å². The zero-order valence-corrected chi connectivity index (χ0v) is 16.9. The lowest BCUT2D eigenvalue weighted by atomic mass is 10.1. The molecule has 1 aromatic heterocycles. The number of ether oxygens (including phenoxy) is 3. The van der Waals surface area contributed by atoms with Gasteiger partial charge in [-0.2, -0.15) is 0 Å². The maximum atomic E-state index is 12.5. The Balaban J connectivity index is 1.82. The highest BCUT2D eigenvalue weighted by molar-refractivity contribution is 6.03. The van der Waals surface area contributed by atoms with Crippen LogP contribution in [-0.4, -0.2) is 49.0 Å². The molecule has 0 bridgehead atoms. The third-order valence-corrected chi connectivity index (χ3v) is 5.04. The van der Waals surface area contributed by atoms with Crippen molar-refractivity contribution in [1.82, 2.24) is 9.55 Å². The molecule has 2 aromatic carbocycles. The number of carbonyl (C=O) groups is 2. The number of rotatable bonds is 4. The quantitative estimate of drug-likeness (QED) is 0.615. The van der Waals surface area contributed by atoms with Crippen LogP contribution in [0.1, 0.15) is 0 Å². The predicted octanol–water partition coefficient (Wildman–Crippen LogP) is 2.63. The van der Waals surface area contributed by atoms with E-state index in [2.05, 4.69) is 0 Å². The predicted molar refractivity (Wildman–Crippen MR) is 111 cm³/mol. The van der Waals surface area contributed by atoms with Gasteiger partial charge >= 0.3 is 11.9 Å². The van der Waals surface area contributed by atoms with E-state index in [0.717, 1.165) is 22.4 Å². The first-order chi connectivity index (χ1) is 14.5. The second kappa shape index (κ2) is 8.00. The summed E-state index contributed by atoms with van der Waals surface area (Å²) >= 11 is 0. The molecule has 0 saturated carbocycles. The molecule has 0 radical (unpaired) electrons. The van der Waals surface area contributed by atoms with Crippen LogP contribution < -0.4 is 4.90 Å². The fourth-order valence-corrected chi connectivity index (χ4v) is 3.55. The number of methoxy groups -OCH3 is 2. The van der Waals surface area contributed by atoms with Crippen LogP contribution in [0.2, 0.25) is 0 Å². The number of esters is 2. The average Bonchev–Trinajstić information content (AvgIpc) is 3.13. The van der Waals surface area contributed by atoms with Crippen LogP contribution >= 0.6 is 0 Å². The molecule has 8 heteroatoms. The number of hydrogen-bond donors (Lipinski definition) is 0. The Hall–Kier alpha value is -3.65. The number of nitrogens with zero attached hydrogens (tertiary/aromatic N) is 3. The lowest BCUT2D eigenvalue weighted by Gasteiger charge is -2.31. The van der Waals surface area contributed by atoms with Crippen molar-refractivity contribution in [3.63, 3.8) is 0 Å². The van der Waals surface area contributed by atoms with Crippen molar-refractivity contribution in [3.05, 3.63) is 59.8 Å². The lowest BCUT2D eigenvalue weighted by Crippen LogP contribution is -2.38. The Kier molecular flexibility index (Phi) is 5.24. The SMILES string of the molecule is COC(=O)C1=C(C(=O)OC)N(c2ccc3c(c2)nc(-c2ccccc2)n3C)COC1. The van der Waals surface area contributed by atoms with Crippen molar-refractivity contribution in [2.24, 2.45) is 7.05 Å². The van der Waals surface area contributed by atoms with Gasteiger partial charge in [-0.25, -0.2) is 14.6 Å². The largest absolute Gasteiger partial charge is 0.466 e. The number of aromatic nitrogens is 2. The molecular weight excluding hydrogens is 386 g/mol. The summed E-state index contributed by atoms with van der Waals surface area (Å²) in [6.07, 6.45) is 0. The molecule has 8 nitrogen and oxygen atoms in total. The van der Waals surface area contributed by atoms with Gasteiger partial charge in [0.25, 0.3) is 0 Å². The highest BCUT2D eigenvalue weighted by Crippen LogP contribution is 2.31. The van der Waals surface area contributed by atoms with E-state index in [1.54, 1.807) is 4.90 Å². The zero-order valence-electron chi connectivity index (χ0n) is 16.9. The van der Waals surface area contributed by atoms with Gasteiger partial charge in [-0.15, -0.1) is 0 Å². The number of aryl methyl sites for hydroxylation is 1. The van der Waals surface area contributed by atoms with Gasteiger partial charge in [-0.05, 0) is 18.2 Å². The minimum Gasteiger partial charge on any atom is -0.466 e. The van der Waals surface area contributed by atoms with Gasteiger partial charge in [0.2, 0.25) is 0 Å². The molecule has 0 unspecified atom stereocenters. The molecule has 0 N–H and O–H groups in total. The van der Waals surface area contributed by atoms with Gasteiger partial charge in [0.15, 0.2) is 0 Å². The van der Waals surface area contributed by atoms with Gasteiger partial charge in [-0.1, -0.05) is 30.3 Å². The molecule has 3 aromatic rings. The molecular formula is C22H21N3O5. The minimum absolute atomic E-state index is 0.0302. The van der Waals surface area contributed by atoms with Crippen LogP contribution in [0, 0.1) is 0 Å². The first-order valence-electron chi connectivity index (χ1n) is 9.32. The number of imidazole rings is 1. The van der Waals surface area contributed by atoms with E-state index in [-0.39, 0.29) is 24.6 Å². The molecule has 0 atom stereocenters. The van der Waals surface area contributed by atoms with Gasteiger partial charge < -0.3 is 23.7 Å². The van der Waals surface area contributed by atoms with Crippen molar-refractivity contribution >= 4 is 28.7 Å². The normalized spacial score (nSPS) is 14.2. The second-order valence-corrected chi connectivity index (χ2v) is 6.75.